The number of hydrogen-bond donors (Lipinski definition) is 1. The summed E-state index contributed by atoms with van der Waals surface area (Å²) in [7, 11) is 1.32. The molecule has 6 heteroatoms. The van der Waals surface area contributed by atoms with Crippen molar-refractivity contribution in [1.82, 2.24) is 4.90 Å². The standard InChI is InChI=1S/C18H27NO5/c1-3-15(14-20)19(12-11-18(22)23-2)17(21)10-7-13-24-16-8-5-4-6-9-16/h4-6,8-9,15,20H,3,7,10-14H2,1-2H3. The summed E-state index contributed by atoms with van der Waals surface area (Å²) in [5.41, 5.74) is 0. The molecule has 6 nitrogen and oxygen atoms in total. The number of rotatable bonds is 11. The second-order valence-corrected chi connectivity index (χ2v) is 5.42. The number of para-hydroxylation sites is 1. The monoisotopic (exact) mass is 337 g/mol. The van der Waals surface area contributed by atoms with Gasteiger partial charge < -0.3 is 19.5 Å². The van der Waals surface area contributed by atoms with Crippen molar-refractivity contribution in [3.8, 4) is 5.75 Å². The highest BCUT2D eigenvalue weighted by Crippen LogP contribution is 2.11. The molecule has 1 unspecified atom stereocenters. The Kier molecular flexibility index (Phi) is 9.53. The average Bonchev–Trinajstić information content (AvgIpc) is 2.62. The van der Waals surface area contributed by atoms with Crippen molar-refractivity contribution in [3.05, 3.63) is 30.3 Å². The van der Waals surface area contributed by atoms with Crippen LogP contribution in [0, 0.1) is 0 Å². The number of ether oxygens (including phenoxy) is 2. The van der Waals surface area contributed by atoms with Crippen LogP contribution in [0.3, 0.4) is 0 Å². The number of aliphatic hydroxyl groups excluding tert-OH is 1. The normalized spacial score (nSPS) is 11.6. The van der Waals surface area contributed by atoms with E-state index in [2.05, 4.69) is 4.74 Å². The van der Waals surface area contributed by atoms with Gasteiger partial charge in [0.05, 0.1) is 32.8 Å². The van der Waals surface area contributed by atoms with Gasteiger partial charge in [-0.3, -0.25) is 9.59 Å². The largest absolute Gasteiger partial charge is 0.494 e. The van der Waals surface area contributed by atoms with Gasteiger partial charge in [-0.1, -0.05) is 25.1 Å². The Morgan fingerprint density at radius 1 is 1.21 bits per heavy atom. The number of methoxy groups -OCH3 is 1. The van der Waals surface area contributed by atoms with Crippen molar-refractivity contribution < 1.29 is 24.2 Å². The highest BCUT2D eigenvalue weighted by molar-refractivity contribution is 5.77. The molecule has 1 N–H and O–H groups in total. The summed E-state index contributed by atoms with van der Waals surface area (Å²) in [4.78, 5) is 25.3. The minimum atomic E-state index is -0.368. The van der Waals surface area contributed by atoms with E-state index in [1.807, 2.05) is 37.3 Å². The van der Waals surface area contributed by atoms with Crippen molar-refractivity contribution in [3.63, 3.8) is 0 Å². The van der Waals surface area contributed by atoms with E-state index in [4.69, 9.17) is 4.74 Å². The van der Waals surface area contributed by atoms with Crippen LogP contribution in [0.25, 0.3) is 0 Å². The van der Waals surface area contributed by atoms with E-state index in [-0.39, 0.29) is 37.5 Å². The molecule has 0 aliphatic rings. The van der Waals surface area contributed by atoms with E-state index < -0.39 is 0 Å². The average molecular weight is 337 g/mol. The zero-order valence-electron chi connectivity index (χ0n) is 14.4. The van der Waals surface area contributed by atoms with Crippen LogP contribution in [0.1, 0.15) is 32.6 Å². The second-order valence-electron chi connectivity index (χ2n) is 5.42. The van der Waals surface area contributed by atoms with Crippen molar-refractivity contribution in [1.29, 1.82) is 0 Å². The summed E-state index contributed by atoms with van der Waals surface area (Å²) in [5, 5.41) is 9.45. The van der Waals surface area contributed by atoms with E-state index in [1.165, 1.54) is 7.11 Å². The highest BCUT2D eigenvalue weighted by Gasteiger charge is 2.22. The molecular weight excluding hydrogens is 310 g/mol. The Hall–Kier alpha value is -2.08. The number of aliphatic hydroxyl groups is 1. The van der Waals surface area contributed by atoms with Gasteiger partial charge in [0.15, 0.2) is 0 Å². The third kappa shape index (κ3) is 7.00. The number of esters is 1. The van der Waals surface area contributed by atoms with Gasteiger partial charge in [0, 0.05) is 13.0 Å². The molecule has 0 saturated carbocycles. The smallest absolute Gasteiger partial charge is 0.307 e. The highest BCUT2D eigenvalue weighted by atomic mass is 16.5. The molecule has 1 amide bonds. The fraction of sp³-hybridized carbons (Fsp3) is 0.556. The van der Waals surface area contributed by atoms with E-state index >= 15 is 0 Å². The van der Waals surface area contributed by atoms with E-state index in [1.54, 1.807) is 4.90 Å². The molecule has 0 spiro atoms. The Morgan fingerprint density at radius 2 is 1.92 bits per heavy atom. The van der Waals surface area contributed by atoms with E-state index in [0.29, 0.717) is 25.9 Å². The molecule has 134 valence electrons. The molecule has 1 rings (SSSR count). The maximum atomic E-state index is 12.4. The maximum absolute atomic E-state index is 12.4. The number of carbonyl (C=O) groups is 2. The molecule has 1 aromatic carbocycles. The molecule has 0 bridgehead atoms. The number of amides is 1. The third-order valence-electron chi connectivity index (χ3n) is 3.77. The van der Waals surface area contributed by atoms with Gasteiger partial charge in [-0.15, -0.1) is 0 Å². The van der Waals surface area contributed by atoms with Crippen LogP contribution < -0.4 is 4.74 Å². The first-order chi connectivity index (χ1) is 11.6. The molecule has 1 aromatic rings. The van der Waals surface area contributed by atoms with Crippen LogP contribution in [0.15, 0.2) is 30.3 Å². The van der Waals surface area contributed by atoms with Gasteiger partial charge in [0.25, 0.3) is 0 Å². The Bertz CT molecular complexity index is 487. The fourth-order valence-electron chi connectivity index (χ4n) is 2.35. The molecule has 24 heavy (non-hydrogen) atoms. The van der Waals surface area contributed by atoms with Crippen molar-refractivity contribution in [2.24, 2.45) is 0 Å². The van der Waals surface area contributed by atoms with Gasteiger partial charge in [-0.05, 0) is 25.0 Å². The second kappa shape index (κ2) is 11.5. The predicted octanol–water partition coefficient (Wildman–Crippen LogP) is 2.01. The molecule has 0 heterocycles. The van der Waals surface area contributed by atoms with Gasteiger partial charge >= 0.3 is 5.97 Å². The number of hydrogen-bond acceptors (Lipinski definition) is 5. The van der Waals surface area contributed by atoms with Gasteiger partial charge in [-0.2, -0.15) is 0 Å². The van der Waals surface area contributed by atoms with Crippen molar-refractivity contribution in [2.45, 2.75) is 38.6 Å². The molecule has 0 aromatic heterocycles. The molecule has 0 fully saturated rings. The van der Waals surface area contributed by atoms with E-state index in [0.717, 1.165) is 5.75 Å². The molecule has 0 radical (unpaired) electrons. The Morgan fingerprint density at radius 3 is 2.50 bits per heavy atom. The summed E-state index contributed by atoms with van der Waals surface area (Å²) >= 11 is 0. The molecular formula is C18H27NO5. The van der Waals surface area contributed by atoms with Crippen LogP contribution in [0.5, 0.6) is 5.75 Å². The molecule has 0 aliphatic heterocycles. The van der Waals surface area contributed by atoms with Crippen LogP contribution in [-0.4, -0.2) is 54.8 Å². The molecule has 1 atom stereocenters. The lowest BCUT2D eigenvalue weighted by Gasteiger charge is -2.29. The zero-order chi connectivity index (χ0) is 17.8. The summed E-state index contributed by atoms with van der Waals surface area (Å²) in [6.07, 6.45) is 1.64. The quantitative estimate of drug-likeness (QED) is 0.494. The number of carbonyl (C=O) groups excluding carboxylic acids is 2. The zero-order valence-corrected chi connectivity index (χ0v) is 14.4. The van der Waals surface area contributed by atoms with Crippen molar-refractivity contribution >= 4 is 11.9 Å². The Labute approximate surface area is 143 Å². The summed E-state index contributed by atoms with van der Waals surface area (Å²) in [6.45, 7) is 2.47. The van der Waals surface area contributed by atoms with Gasteiger partial charge in [0.1, 0.15) is 5.75 Å². The predicted molar refractivity (Wildman–Crippen MR) is 90.7 cm³/mol. The van der Waals surface area contributed by atoms with Gasteiger partial charge in [-0.25, -0.2) is 0 Å². The minimum absolute atomic E-state index is 0.0866. The van der Waals surface area contributed by atoms with Crippen LogP contribution in [0.4, 0.5) is 0 Å². The fourth-order valence-corrected chi connectivity index (χ4v) is 2.35. The maximum Gasteiger partial charge on any atom is 0.307 e. The number of nitrogens with zero attached hydrogens (tertiary/aromatic N) is 1. The van der Waals surface area contributed by atoms with Crippen LogP contribution >= 0.6 is 0 Å². The summed E-state index contributed by atoms with van der Waals surface area (Å²) in [6, 6.07) is 9.14. The third-order valence-corrected chi connectivity index (χ3v) is 3.77. The summed E-state index contributed by atoms with van der Waals surface area (Å²) in [5.74, 6) is 0.318. The molecule has 0 aliphatic carbocycles. The van der Waals surface area contributed by atoms with Crippen molar-refractivity contribution in [2.75, 3.05) is 26.9 Å². The Balaban J connectivity index is 2.46. The molecule has 0 saturated heterocycles. The van der Waals surface area contributed by atoms with Crippen LogP contribution in [0.2, 0.25) is 0 Å². The van der Waals surface area contributed by atoms with Gasteiger partial charge in [0.2, 0.25) is 5.91 Å². The first kappa shape index (κ1) is 20.0. The first-order valence-electron chi connectivity index (χ1n) is 8.27. The minimum Gasteiger partial charge on any atom is -0.494 e. The lowest BCUT2D eigenvalue weighted by Crippen LogP contribution is -2.43. The lowest BCUT2D eigenvalue weighted by atomic mass is 10.1. The SMILES string of the molecule is CCC(CO)N(CCC(=O)OC)C(=O)CCCOc1ccccc1. The lowest BCUT2D eigenvalue weighted by molar-refractivity contribution is -0.142. The van der Waals surface area contributed by atoms with E-state index in [9.17, 15) is 14.7 Å². The van der Waals surface area contributed by atoms with Crippen LogP contribution in [-0.2, 0) is 14.3 Å². The summed E-state index contributed by atoms with van der Waals surface area (Å²) < 4.78 is 10.2. The topological polar surface area (TPSA) is 76.1 Å². The first-order valence-corrected chi connectivity index (χ1v) is 8.27. The number of benzene rings is 1.